The van der Waals surface area contributed by atoms with Gasteiger partial charge in [0.15, 0.2) is 6.29 Å². The van der Waals surface area contributed by atoms with Crippen LogP contribution in [-0.2, 0) is 23.7 Å². The zero-order valence-corrected chi connectivity index (χ0v) is 16.0. The van der Waals surface area contributed by atoms with Gasteiger partial charge < -0.3 is 23.7 Å². The smallest absolute Gasteiger partial charge is 0.160 e. The molecule has 0 aliphatic carbocycles. The highest BCUT2D eigenvalue weighted by Crippen LogP contribution is 2.19. The third kappa shape index (κ3) is 11.9. The average molecular weight is 334 g/mol. The minimum Gasteiger partial charge on any atom is -0.379 e. The minimum atomic E-state index is -0.215. The molecule has 0 aromatic carbocycles. The molecule has 0 saturated heterocycles. The van der Waals surface area contributed by atoms with Crippen LogP contribution in [0.1, 0.15) is 60.8 Å². The Morgan fingerprint density at radius 1 is 0.522 bits per heavy atom. The monoisotopic (exact) mass is 334 g/mol. The van der Waals surface area contributed by atoms with Crippen LogP contribution in [0.3, 0.4) is 0 Å². The molecule has 0 heterocycles. The molecule has 0 aliphatic heterocycles. The van der Waals surface area contributed by atoms with Crippen molar-refractivity contribution in [2.45, 2.75) is 85.4 Å². The summed E-state index contributed by atoms with van der Waals surface area (Å²) in [6.07, 6.45) is 2.59. The van der Waals surface area contributed by atoms with Gasteiger partial charge in [-0.2, -0.15) is 0 Å². The van der Waals surface area contributed by atoms with Crippen LogP contribution in [0.25, 0.3) is 0 Å². The van der Waals surface area contributed by atoms with Crippen LogP contribution in [0.2, 0.25) is 0 Å². The molecule has 0 N–H and O–H groups in total. The molecule has 0 aromatic heterocycles. The molecule has 23 heavy (non-hydrogen) atoms. The Labute approximate surface area is 143 Å². The van der Waals surface area contributed by atoms with Gasteiger partial charge in [-0.05, 0) is 48.0 Å². The maximum Gasteiger partial charge on any atom is 0.160 e. The van der Waals surface area contributed by atoms with E-state index in [2.05, 4.69) is 6.92 Å². The van der Waals surface area contributed by atoms with Crippen molar-refractivity contribution in [1.82, 2.24) is 0 Å². The van der Waals surface area contributed by atoms with Crippen molar-refractivity contribution >= 4 is 0 Å². The average Bonchev–Trinajstić information content (AvgIpc) is 2.48. The number of rotatable bonds is 16. The predicted molar refractivity (Wildman–Crippen MR) is 92.8 cm³/mol. The van der Waals surface area contributed by atoms with Gasteiger partial charge in [-0.25, -0.2) is 0 Å². The largest absolute Gasteiger partial charge is 0.379 e. The molecule has 3 atom stereocenters. The molecule has 0 amide bonds. The first-order valence-corrected chi connectivity index (χ1v) is 9.18. The number of hydrogen-bond donors (Lipinski definition) is 0. The quantitative estimate of drug-likeness (QED) is 0.402. The first-order chi connectivity index (χ1) is 11.1. The molecule has 0 spiro atoms. The van der Waals surface area contributed by atoms with Gasteiger partial charge in [0.1, 0.15) is 0 Å². The van der Waals surface area contributed by atoms with E-state index in [1.165, 1.54) is 0 Å². The lowest BCUT2D eigenvalue weighted by atomic mass is 10.0. The zero-order valence-electron chi connectivity index (χ0n) is 16.0. The van der Waals surface area contributed by atoms with Gasteiger partial charge in [0.05, 0.1) is 18.3 Å². The molecule has 140 valence electrons. The van der Waals surface area contributed by atoms with E-state index in [4.69, 9.17) is 23.7 Å². The summed E-state index contributed by atoms with van der Waals surface area (Å²) in [7, 11) is 0. The zero-order chi connectivity index (χ0) is 17.5. The van der Waals surface area contributed by atoms with Gasteiger partial charge in [-0.3, -0.25) is 0 Å². The van der Waals surface area contributed by atoms with Crippen molar-refractivity contribution in [2.24, 2.45) is 0 Å². The van der Waals surface area contributed by atoms with Gasteiger partial charge in [0.25, 0.3) is 0 Å². The second-order valence-electron chi connectivity index (χ2n) is 5.47. The molecule has 5 nitrogen and oxygen atoms in total. The molecule has 0 bridgehead atoms. The number of hydrogen-bond acceptors (Lipinski definition) is 5. The van der Waals surface area contributed by atoms with Crippen molar-refractivity contribution in [3.8, 4) is 0 Å². The Hall–Kier alpha value is -0.200. The van der Waals surface area contributed by atoms with E-state index in [1.807, 2.05) is 34.6 Å². The summed E-state index contributed by atoms with van der Waals surface area (Å²) < 4.78 is 28.8. The van der Waals surface area contributed by atoms with Crippen molar-refractivity contribution in [3.63, 3.8) is 0 Å². The molecule has 3 unspecified atom stereocenters. The van der Waals surface area contributed by atoms with Crippen molar-refractivity contribution in [1.29, 1.82) is 0 Å². The summed E-state index contributed by atoms with van der Waals surface area (Å²) in [5, 5.41) is 0. The highest BCUT2D eigenvalue weighted by Gasteiger charge is 2.23. The Balaban J connectivity index is 4.61. The van der Waals surface area contributed by atoms with Crippen LogP contribution in [0, 0.1) is 0 Å². The van der Waals surface area contributed by atoms with Gasteiger partial charge in [-0.1, -0.05) is 0 Å². The Bertz CT molecular complexity index is 244. The summed E-state index contributed by atoms with van der Waals surface area (Å²) in [5.74, 6) is 0. The first-order valence-electron chi connectivity index (χ1n) is 9.18. The maximum absolute atomic E-state index is 5.90. The Kier molecular flexibility index (Phi) is 15.2. The highest BCUT2D eigenvalue weighted by molar-refractivity contribution is 4.71. The van der Waals surface area contributed by atoms with Crippen molar-refractivity contribution in [3.05, 3.63) is 0 Å². The van der Waals surface area contributed by atoms with Crippen LogP contribution < -0.4 is 0 Å². The fourth-order valence-electron chi connectivity index (χ4n) is 2.72. The van der Waals surface area contributed by atoms with Gasteiger partial charge in [0.2, 0.25) is 0 Å². The molecule has 0 aliphatic rings. The molecule has 0 radical (unpaired) electrons. The van der Waals surface area contributed by atoms with Crippen LogP contribution >= 0.6 is 0 Å². The van der Waals surface area contributed by atoms with E-state index in [-0.39, 0.29) is 24.6 Å². The SMILES string of the molecule is CCOC(C)CC(CC(CC(OCC)OCC)OCC)OCC. The molecule has 0 rings (SSSR count). The topological polar surface area (TPSA) is 46.2 Å². The maximum atomic E-state index is 5.90. The van der Waals surface area contributed by atoms with Crippen LogP contribution in [0.5, 0.6) is 0 Å². The fraction of sp³-hybridized carbons (Fsp3) is 1.00. The minimum absolute atomic E-state index is 0.0634. The van der Waals surface area contributed by atoms with E-state index in [0.717, 1.165) is 25.9 Å². The molecule has 0 fully saturated rings. The standard InChI is InChI=1S/C18H38O5/c1-7-19-15(6)12-16(20-8-2)13-17(21-9-3)14-18(22-10-4)23-11-5/h15-18H,7-14H2,1-6H3. The van der Waals surface area contributed by atoms with Crippen molar-refractivity contribution < 1.29 is 23.7 Å². The lowest BCUT2D eigenvalue weighted by Crippen LogP contribution is -2.31. The summed E-state index contributed by atoms with van der Waals surface area (Å²) in [6.45, 7) is 15.5. The van der Waals surface area contributed by atoms with Crippen LogP contribution in [0.4, 0.5) is 0 Å². The van der Waals surface area contributed by atoms with Gasteiger partial charge in [-0.15, -0.1) is 0 Å². The highest BCUT2D eigenvalue weighted by atomic mass is 16.7. The molecular formula is C18H38O5. The molecular weight excluding hydrogens is 296 g/mol. The normalized spacial score (nSPS) is 15.8. The summed E-state index contributed by atoms with van der Waals surface area (Å²) >= 11 is 0. The van der Waals surface area contributed by atoms with Gasteiger partial charge >= 0.3 is 0 Å². The summed E-state index contributed by atoms with van der Waals surface area (Å²) in [4.78, 5) is 0. The third-order valence-electron chi connectivity index (χ3n) is 3.54. The lowest BCUT2D eigenvalue weighted by Gasteiger charge is -2.28. The first kappa shape index (κ1) is 22.8. The summed E-state index contributed by atoms with van der Waals surface area (Å²) in [6, 6.07) is 0. The fourth-order valence-corrected chi connectivity index (χ4v) is 2.72. The third-order valence-corrected chi connectivity index (χ3v) is 3.54. The second-order valence-corrected chi connectivity index (χ2v) is 5.47. The predicted octanol–water partition coefficient (Wildman–Crippen LogP) is 3.79. The Morgan fingerprint density at radius 3 is 1.39 bits per heavy atom. The van der Waals surface area contributed by atoms with Crippen molar-refractivity contribution in [2.75, 3.05) is 33.0 Å². The van der Waals surface area contributed by atoms with E-state index in [0.29, 0.717) is 26.4 Å². The summed E-state index contributed by atoms with van der Waals surface area (Å²) in [5.41, 5.74) is 0. The number of ether oxygens (including phenoxy) is 5. The Morgan fingerprint density at radius 2 is 0.957 bits per heavy atom. The molecule has 0 aromatic rings. The van der Waals surface area contributed by atoms with Gasteiger partial charge in [0, 0.05) is 45.9 Å². The lowest BCUT2D eigenvalue weighted by molar-refractivity contribution is -0.161. The van der Waals surface area contributed by atoms with Crippen LogP contribution in [0.15, 0.2) is 0 Å². The molecule has 5 heteroatoms. The van der Waals surface area contributed by atoms with E-state index in [9.17, 15) is 0 Å². The second kappa shape index (κ2) is 15.3. The van der Waals surface area contributed by atoms with E-state index < -0.39 is 0 Å². The van der Waals surface area contributed by atoms with Crippen LogP contribution in [-0.4, -0.2) is 57.6 Å². The van der Waals surface area contributed by atoms with E-state index >= 15 is 0 Å². The molecule has 0 saturated carbocycles. The van der Waals surface area contributed by atoms with E-state index in [1.54, 1.807) is 0 Å².